The molecule has 0 aliphatic carbocycles. The predicted molar refractivity (Wildman–Crippen MR) is 79.2 cm³/mol. The number of nitro groups is 1. The Hall–Kier alpha value is -2.97. The van der Waals surface area contributed by atoms with E-state index in [9.17, 15) is 14.9 Å². The van der Waals surface area contributed by atoms with E-state index in [2.05, 4.69) is 20.7 Å². The van der Waals surface area contributed by atoms with Gasteiger partial charge in [0.25, 0.3) is 5.69 Å². The standard InChI is InChI=1S/C13H16N6O3/c20-13(5-8-18-10-14-9-17-18)16-7-6-15-11-1-3-12(4-2-11)19(21)22/h1-4,9-10,15H,5-8H2,(H,16,20). The van der Waals surface area contributed by atoms with E-state index in [4.69, 9.17) is 0 Å². The summed E-state index contributed by atoms with van der Waals surface area (Å²) in [5.41, 5.74) is 0.814. The van der Waals surface area contributed by atoms with Crippen LogP contribution in [0.5, 0.6) is 0 Å². The van der Waals surface area contributed by atoms with Gasteiger partial charge >= 0.3 is 0 Å². The van der Waals surface area contributed by atoms with Crippen LogP contribution in [-0.4, -0.2) is 38.7 Å². The van der Waals surface area contributed by atoms with E-state index in [1.54, 1.807) is 23.1 Å². The maximum atomic E-state index is 11.6. The van der Waals surface area contributed by atoms with Crippen molar-refractivity contribution in [2.45, 2.75) is 13.0 Å². The lowest BCUT2D eigenvalue weighted by Crippen LogP contribution is -2.29. The summed E-state index contributed by atoms with van der Waals surface area (Å²) in [6, 6.07) is 6.12. The molecule has 1 aromatic heterocycles. The van der Waals surface area contributed by atoms with Gasteiger partial charge in [-0.2, -0.15) is 5.10 Å². The van der Waals surface area contributed by atoms with Crippen LogP contribution in [0.2, 0.25) is 0 Å². The summed E-state index contributed by atoms with van der Waals surface area (Å²) in [5, 5.41) is 20.3. The highest BCUT2D eigenvalue weighted by atomic mass is 16.6. The third-order valence-electron chi connectivity index (χ3n) is 2.89. The number of aryl methyl sites for hydroxylation is 1. The first kappa shape index (κ1) is 15.4. The summed E-state index contributed by atoms with van der Waals surface area (Å²) in [4.78, 5) is 25.5. The highest BCUT2D eigenvalue weighted by Gasteiger charge is 2.04. The molecule has 0 unspecified atom stereocenters. The van der Waals surface area contributed by atoms with Crippen LogP contribution in [-0.2, 0) is 11.3 Å². The highest BCUT2D eigenvalue weighted by molar-refractivity contribution is 5.75. The second kappa shape index (κ2) is 7.72. The molecule has 2 aromatic rings. The average molecular weight is 304 g/mol. The van der Waals surface area contributed by atoms with E-state index in [1.807, 2.05) is 0 Å². The number of non-ortho nitro benzene ring substituents is 1. The third kappa shape index (κ3) is 4.85. The Balaban J connectivity index is 1.62. The van der Waals surface area contributed by atoms with Crippen LogP contribution in [0.1, 0.15) is 6.42 Å². The zero-order chi connectivity index (χ0) is 15.8. The third-order valence-corrected chi connectivity index (χ3v) is 2.89. The number of anilines is 1. The van der Waals surface area contributed by atoms with Crippen molar-refractivity contribution in [2.75, 3.05) is 18.4 Å². The molecule has 116 valence electrons. The second-order valence-electron chi connectivity index (χ2n) is 4.49. The Morgan fingerprint density at radius 1 is 1.27 bits per heavy atom. The fraction of sp³-hybridized carbons (Fsp3) is 0.308. The molecule has 1 heterocycles. The van der Waals surface area contributed by atoms with E-state index in [0.717, 1.165) is 5.69 Å². The molecule has 1 amide bonds. The Morgan fingerprint density at radius 2 is 2.05 bits per heavy atom. The van der Waals surface area contributed by atoms with E-state index >= 15 is 0 Å². The van der Waals surface area contributed by atoms with Gasteiger partial charge in [-0.05, 0) is 12.1 Å². The zero-order valence-electron chi connectivity index (χ0n) is 11.8. The Labute approximate surface area is 126 Å². The summed E-state index contributed by atoms with van der Waals surface area (Å²) >= 11 is 0. The topological polar surface area (TPSA) is 115 Å². The molecular weight excluding hydrogens is 288 g/mol. The predicted octanol–water partition coefficient (Wildman–Crippen LogP) is 0.805. The number of carbonyl (C=O) groups is 1. The molecule has 1 aromatic carbocycles. The summed E-state index contributed by atoms with van der Waals surface area (Å²) in [5.74, 6) is -0.0685. The molecule has 0 atom stereocenters. The van der Waals surface area contributed by atoms with Crippen LogP contribution < -0.4 is 10.6 Å². The lowest BCUT2D eigenvalue weighted by molar-refractivity contribution is -0.384. The largest absolute Gasteiger partial charge is 0.383 e. The van der Waals surface area contributed by atoms with Crippen molar-refractivity contribution in [1.82, 2.24) is 20.1 Å². The summed E-state index contributed by atoms with van der Waals surface area (Å²) < 4.78 is 1.59. The SMILES string of the molecule is O=C(CCn1cncn1)NCCNc1ccc([N+](=O)[O-])cc1. The van der Waals surface area contributed by atoms with Crippen molar-refractivity contribution < 1.29 is 9.72 Å². The average Bonchev–Trinajstić information content (AvgIpc) is 3.03. The quantitative estimate of drug-likeness (QED) is 0.423. The molecule has 0 aliphatic rings. The number of carbonyl (C=O) groups excluding carboxylic acids is 1. The second-order valence-corrected chi connectivity index (χ2v) is 4.49. The van der Waals surface area contributed by atoms with Gasteiger partial charge in [-0.25, -0.2) is 4.98 Å². The van der Waals surface area contributed by atoms with Gasteiger partial charge < -0.3 is 10.6 Å². The molecule has 0 fully saturated rings. The first-order valence-corrected chi connectivity index (χ1v) is 6.72. The fourth-order valence-corrected chi connectivity index (χ4v) is 1.76. The van der Waals surface area contributed by atoms with E-state index in [0.29, 0.717) is 26.1 Å². The van der Waals surface area contributed by atoms with Gasteiger partial charge in [0.1, 0.15) is 12.7 Å². The first-order chi connectivity index (χ1) is 10.6. The van der Waals surface area contributed by atoms with Crippen LogP contribution in [0.4, 0.5) is 11.4 Å². The number of nitrogens with zero attached hydrogens (tertiary/aromatic N) is 4. The Morgan fingerprint density at radius 3 is 2.68 bits per heavy atom. The lowest BCUT2D eigenvalue weighted by Gasteiger charge is -2.08. The van der Waals surface area contributed by atoms with Gasteiger partial charge in [-0.1, -0.05) is 0 Å². The molecule has 0 radical (unpaired) electrons. The molecule has 0 bridgehead atoms. The van der Waals surface area contributed by atoms with Gasteiger partial charge in [-0.3, -0.25) is 19.6 Å². The molecule has 0 spiro atoms. The molecule has 0 saturated heterocycles. The Kier molecular flexibility index (Phi) is 5.41. The number of hydrogen-bond acceptors (Lipinski definition) is 6. The number of rotatable bonds is 8. The number of nitrogens with one attached hydrogen (secondary N) is 2. The molecule has 9 heteroatoms. The van der Waals surface area contributed by atoms with Crippen molar-refractivity contribution in [1.29, 1.82) is 0 Å². The molecule has 9 nitrogen and oxygen atoms in total. The van der Waals surface area contributed by atoms with E-state index < -0.39 is 4.92 Å². The van der Waals surface area contributed by atoms with Crippen LogP contribution in [0, 0.1) is 10.1 Å². The number of aromatic nitrogens is 3. The summed E-state index contributed by atoms with van der Waals surface area (Å²) in [6.45, 7) is 1.49. The molecule has 22 heavy (non-hydrogen) atoms. The minimum atomic E-state index is -0.445. The van der Waals surface area contributed by atoms with Gasteiger partial charge in [0.2, 0.25) is 5.91 Å². The van der Waals surface area contributed by atoms with Gasteiger partial charge in [0.05, 0.1) is 11.5 Å². The molecule has 2 N–H and O–H groups in total. The van der Waals surface area contributed by atoms with Gasteiger partial charge in [-0.15, -0.1) is 0 Å². The van der Waals surface area contributed by atoms with Crippen LogP contribution in [0.15, 0.2) is 36.9 Å². The maximum absolute atomic E-state index is 11.6. The van der Waals surface area contributed by atoms with Gasteiger partial charge in [0, 0.05) is 37.3 Å². The smallest absolute Gasteiger partial charge is 0.269 e. The molecule has 2 rings (SSSR count). The van der Waals surface area contributed by atoms with Crippen molar-refractivity contribution in [3.63, 3.8) is 0 Å². The number of nitro benzene ring substituents is 1. The van der Waals surface area contributed by atoms with Crippen molar-refractivity contribution in [3.05, 3.63) is 47.0 Å². The monoisotopic (exact) mass is 304 g/mol. The highest BCUT2D eigenvalue weighted by Crippen LogP contribution is 2.14. The normalized spacial score (nSPS) is 10.2. The summed E-state index contributed by atoms with van der Waals surface area (Å²) in [6.07, 6.45) is 3.32. The van der Waals surface area contributed by atoms with Crippen LogP contribution in [0.25, 0.3) is 0 Å². The molecule has 0 saturated carbocycles. The fourth-order valence-electron chi connectivity index (χ4n) is 1.76. The lowest BCUT2D eigenvalue weighted by atomic mass is 10.3. The Bertz CT molecular complexity index is 611. The number of hydrogen-bond donors (Lipinski definition) is 2. The zero-order valence-corrected chi connectivity index (χ0v) is 11.8. The van der Waals surface area contributed by atoms with Crippen molar-refractivity contribution in [3.8, 4) is 0 Å². The van der Waals surface area contributed by atoms with Crippen molar-refractivity contribution >= 4 is 17.3 Å². The maximum Gasteiger partial charge on any atom is 0.269 e. The van der Waals surface area contributed by atoms with E-state index in [1.165, 1.54) is 18.5 Å². The summed E-state index contributed by atoms with van der Waals surface area (Å²) in [7, 11) is 0. The van der Waals surface area contributed by atoms with E-state index in [-0.39, 0.29) is 11.6 Å². The first-order valence-electron chi connectivity index (χ1n) is 6.72. The minimum Gasteiger partial charge on any atom is -0.383 e. The minimum absolute atomic E-state index is 0.0481. The van der Waals surface area contributed by atoms with Crippen molar-refractivity contribution in [2.24, 2.45) is 0 Å². The van der Waals surface area contributed by atoms with Gasteiger partial charge in [0.15, 0.2) is 0 Å². The molecular formula is C13H16N6O3. The number of amides is 1. The molecule has 0 aliphatic heterocycles. The van der Waals surface area contributed by atoms with Crippen LogP contribution >= 0.6 is 0 Å². The number of benzene rings is 1. The van der Waals surface area contributed by atoms with Crippen LogP contribution in [0.3, 0.4) is 0 Å².